The van der Waals surface area contributed by atoms with Crippen molar-refractivity contribution in [3.63, 3.8) is 0 Å². The highest BCUT2D eigenvalue weighted by Gasteiger charge is 2.10. The number of nitrogens with zero attached hydrogens (tertiary/aromatic N) is 1. The third-order valence-electron chi connectivity index (χ3n) is 1.85. The van der Waals surface area contributed by atoms with Crippen molar-refractivity contribution in [1.29, 1.82) is 0 Å². The molecule has 0 aromatic carbocycles. The molecule has 0 atom stereocenters. The topological polar surface area (TPSA) is 58.6 Å². The van der Waals surface area contributed by atoms with Crippen LogP contribution >= 0.6 is 0 Å². The molecule has 1 amide bonds. The van der Waals surface area contributed by atoms with E-state index in [4.69, 9.17) is 4.74 Å². The molecule has 0 unspecified atom stereocenters. The van der Waals surface area contributed by atoms with E-state index in [1.54, 1.807) is 19.0 Å². The third kappa shape index (κ3) is 7.93. The van der Waals surface area contributed by atoms with Crippen molar-refractivity contribution in [2.75, 3.05) is 33.8 Å². The van der Waals surface area contributed by atoms with Gasteiger partial charge in [0.15, 0.2) is 0 Å². The number of hydrogen-bond donors (Lipinski definition) is 1. The van der Waals surface area contributed by atoms with E-state index in [1.165, 1.54) is 0 Å². The minimum absolute atomic E-state index is 0.112. The molecule has 0 heterocycles. The largest absolute Gasteiger partial charge is 0.465 e. The molecule has 0 rings (SSSR count). The van der Waals surface area contributed by atoms with Gasteiger partial charge in [0.1, 0.15) is 0 Å². The average molecular weight is 216 g/mol. The van der Waals surface area contributed by atoms with E-state index >= 15 is 0 Å². The van der Waals surface area contributed by atoms with Gasteiger partial charge in [-0.05, 0) is 13.5 Å². The Morgan fingerprint density at radius 2 is 2.00 bits per heavy atom. The highest BCUT2D eigenvalue weighted by molar-refractivity contribution is 5.78. The van der Waals surface area contributed by atoms with E-state index in [0.29, 0.717) is 6.61 Å². The van der Waals surface area contributed by atoms with Crippen LogP contribution in [0.1, 0.15) is 19.8 Å². The van der Waals surface area contributed by atoms with Crippen molar-refractivity contribution in [2.24, 2.45) is 0 Å². The van der Waals surface area contributed by atoms with E-state index in [0.717, 1.165) is 12.8 Å². The lowest BCUT2D eigenvalue weighted by Gasteiger charge is -2.14. The van der Waals surface area contributed by atoms with Crippen LogP contribution in [0.3, 0.4) is 0 Å². The second-order valence-electron chi connectivity index (χ2n) is 3.42. The van der Waals surface area contributed by atoms with Crippen molar-refractivity contribution in [1.82, 2.24) is 10.2 Å². The zero-order chi connectivity index (χ0) is 11.7. The summed E-state index contributed by atoms with van der Waals surface area (Å²) in [4.78, 5) is 23.8. The molecule has 0 aliphatic heterocycles. The summed E-state index contributed by atoms with van der Waals surface area (Å²) in [5, 5.41) is 2.49. The van der Waals surface area contributed by atoms with Gasteiger partial charge in [0.05, 0.1) is 19.7 Å². The van der Waals surface area contributed by atoms with Gasteiger partial charge in [0.25, 0.3) is 0 Å². The number of nitrogens with one attached hydrogen (secondary N) is 1. The lowest BCUT2D eigenvalue weighted by atomic mass is 10.4. The zero-order valence-corrected chi connectivity index (χ0v) is 9.71. The van der Waals surface area contributed by atoms with Crippen molar-refractivity contribution >= 4 is 11.9 Å². The van der Waals surface area contributed by atoms with Gasteiger partial charge in [-0.15, -0.1) is 0 Å². The summed E-state index contributed by atoms with van der Waals surface area (Å²) in [6.07, 6.45) is 1.88. The zero-order valence-electron chi connectivity index (χ0n) is 9.71. The third-order valence-corrected chi connectivity index (χ3v) is 1.85. The van der Waals surface area contributed by atoms with Crippen molar-refractivity contribution in [2.45, 2.75) is 19.8 Å². The van der Waals surface area contributed by atoms with Crippen LogP contribution in [-0.2, 0) is 14.3 Å². The van der Waals surface area contributed by atoms with E-state index in [9.17, 15) is 9.59 Å². The number of rotatable bonds is 7. The van der Waals surface area contributed by atoms with Crippen molar-refractivity contribution in [3.8, 4) is 0 Å². The first-order valence-corrected chi connectivity index (χ1v) is 5.14. The second-order valence-corrected chi connectivity index (χ2v) is 3.42. The Labute approximate surface area is 90.8 Å². The molecule has 0 spiro atoms. The molecule has 5 nitrogen and oxygen atoms in total. The van der Waals surface area contributed by atoms with Crippen LogP contribution in [0, 0.1) is 0 Å². The number of likely N-dealkylation sites (N-methyl/N-ethyl adjacent to an activating group) is 2. The summed E-state index contributed by atoms with van der Waals surface area (Å²) in [6.45, 7) is 2.85. The molecule has 0 radical (unpaired) electrons. The van der Waals surface area contributed by atoms with Gasteiger partial charge in [-0.25, -0.2) is 0 Å². The first kappa shape index (κ1) is 13.9. The average Bonchev–Trinajstić information content (AvgIpc) is 2.17. The molecule has 0 aromatic rings. The van der Waals surface area contributed by atoms with Crippen molar-refractivity contribution < 1.29 is 14.3 Å². The number of amides is 1. The second kappa shape index (κ2) is 8.23. The summed E-state index contributed by atoms with van der Waals surface area (Å²) >= 11 is 0. The predicted octanol–water partition coefficient (Wildman–Crippen LogP) is 0.00750. The Morgan fingerprint density at radius 3 is 2.53 bits per heavy atom. The fraction of sp³-hybridized carbons (Fsp3) is 0.800. The predicted molar refractivity (Wildman–Crippen MR) is 57.4 cm³/mol. The molecule has 0 fully saturated rings. The van der Waals surface area contributed by atoms with Gasteiger partial charge in [0.2, 0.25) is 5.91 Å². The standard InChI is InChI=1S/C10H20N2O3/c1-4-5-6-15-10(14)8-12(3)7-9(13)11-2/h4-8H2,1-3H3,(H,11,13). The summed E-state index contributed by atoms with van der Waals surface area (Å²) in [6, 6.07) is 0. The van der Waals surface area contributed by atoms with Crippen LogP contribution in [0.25, 0.3) is 0 Å². The first-order valence-electron chi connectivity index (χ1n) is 5.14. The van der Waals surface area contributed by atoms with Gasteiger partial charge in [-0.1, -0.05) is 13.3 Å². The molecule has 0 bridgehead atoms. The van der Waals surface area contributed by atoms with Gasteiger partial charge >= 0.3 is 5.97 Å². The molecule has 0 aliphatic rings. The lowest BCUT2D eigenvalue weighted by molar-refractivity contribution is -0.144. The van der Waals surface area contributed by atoms with Gasteiger partial charge in [-0.3, -0.25) is 14.5 Å². The van der Waals surface area contributed by atoms with Crippen LogP contribution in [0.15, 0.2) is 0 Å². The minimum Gasteiger partial charge on any atom is -0.465 e. The molecule has 88 valence electrons. The monoisotopic (exact) mass is 216 g/mol. The number of ether oxygens (including phenoxy) is 1. The molecular weight excluding hydrogens is 196 g/mol. The molecular formula is C10H20N2O3. The molecule has 0 saturated carbocycles. The van der Waals surface area contributed by atoms with E-state index in [-0.39, 0.29) is 25.0 Å². The maximum atomic E-state index is 11.2. The Balaban J connectivity index is 3.62. The smallest absolute Gasteiger partial charge is 0.320 e. The maximum Gasteiger partial charge on any atom is 0.320 e. The lowest BCUT2D eigenvalue weighted by Crippen LogP contribution is -2.36. The van der Waals surface area contributed by atoms with E-state index in [2.05, 4.69) is 5.32 Å². The molecule has 0 aromatic heterocycles. The number of esters is 1. The van der Waals surface area contributed by atoms with E-state index in [1.807, 2.05) is 6.92 Å². The van der Waals surface area contributed by atoms with Crippen LogP contribution in [0.5, 0.6) is 0 Å². The maximum absolute atomic E-state index is 11.2. The number of carbonyl (C=O) groups is 2. The van der Waals surface area contributed by atoms with Gasteiger partial charge < -0.3 is 10.1 Å². The summed E-state index contributed by atoms with van der Waals surface area (Å²) in [5.74, 6) is -0.395. The molecule has 1 N–H and O–H groups in total. The quantitative estimate of drug-likeness (QED) is 0.481. The number of hydrogen-bond acceptors (Lipinski definition) is 4. The summed E-state index contributed by atoms with van der Waals surface area (Å²) in [5.41, 5.74) is 0. The fourth-order valence-corrected chi connectivity index (χ4v) is 0.976. The number of carbonyl (C=O) groups excluding carboxylic acids is 2. The Hall–Kier alpha value is -1.10. The Kier molecular flexibility index (Phi) is 7.62. The van der Waals surface area contributed by atoms with Gasteiger partial charge in [-0.2, -0.15) is 0 Å². The molecule has 0 saturated heterocycles. The van der Waals surface area contributed by atoms with Crippen LogP contribution in [-0.4, -0.2) is 50.6 Å². The fourth-order valence-electron chi connectivity index (χ4n) is 0.976. The van der Waals surface area contributed by atoms with Crippen molar-refractivity contribution in [3.05, 3.63) is 0 Å². The van der Waals surface area contributed by atoms with Crippen LogP contribution < -0.4 is 5.32 Å². The Bertz CT molecular complexity index is 207. The summed E-state index contributed by atoms with van der Waals surface area (Å²) < 4.78 is 4.96. The molecule has 15 heavy (non-hydrogen) atoms. The minimum atomic E-state index is -0.283. The van der Waals surface area contributed by atoms with Crippen LogP contribution in [0.2, 0.25) is 0 Å². The molecule has 0 aliphatic carbocycles. The SMILES string of the molecule is CCCCOC(=O)CN(C)CC(=O)NC. The Morgan fingerprint density at radius 1 is 1.33 bits per heavy atom. The van der Waals surface area contributed by atoms with E-state index < -0.39 is 0 Å². The van der Waals surface area contributed by atoms with Gasteiger partial charge in [0, 0.05) is 7.05 Å². The van der Waals surface area contributed by atoms with Crippen LogP contribution in [0.4, 0.5) is 0 Å². The highest BCUT2D eigenvalue weighted by Crippen LogP contribution is 1.90. The highest BCUT2D eigenvalue weighted by atomic mass is 16.5. The summed E-state index contributed by atoms with van der Waals surface area (Å²) in [7, 11) is 3.27. The first-order chi connectivity index (χ1) is 7.10. The normalized spacial score (nSPS) is 10.1. The number of unbranched alkanes of at least 4 members (excludes halogenated alkanes) is 1. The molecule has 5 heteroatoms.